The summed E-state index contributed by atoms with van der Waals surface area (Å²) in [4.78, 5) is 27.3. The van der Waals surface area contributed by atoms with Crippen LogP contribution >= 0.6 is 23.1 Å². The first-order valence-corrected chi connectivity index (χ1v) is 8.25. The average molecular weight is 310 g/mol. The summed E-state index contributed by atoms with van der Waals surface area (Å²) in [7, 11) is 0. The van der Waals surface area contributed by atoms with Crippen molar-refractivity contribution in [1.29, 1.82) is 0 Å². The molecule has 7 heteroatoms. The molecule has 1 aromatic heterocycles. The van der Waals surface area contributed by atoms with Crippen molar-refractivity contribution in [3.8, 4) is 0 Å². The van der Waals surface area contributed by atoms with Gasteiger partial charge in [-0.15, -0.1) is 11.3 Å². The third-order valence-corrected chi connectivity index (χ3v) is 4.24. The van der Waals surface area contributed by atoms with E-state index in [-0.39, 0.29) is 5.91 Å². The Morgan fingerprint density at radius 1 is 1.50 bits per heavy atom. The molecule has 0 unspecified atom stereocenters. The van der Waals surface area contributed by atoms with Gasteiger partial charge in [0.15, 0.2) is 0 Å². The lowest BCUT2D eigenvalue weighted by atomic mass is 10.1. The van der Waals surface area contributed by atoms with Crippen LogP contribution in [0.15, 0.2) is 23.7 Å². The van der Waals surface area contributed by atoms with Gasteiger partial charge in [-0.3, -0.25) is 4.79 Å². The van der Waals surface area contributed by atoms with E-state index in [0.717, 1.165) is 10.2 Å². The summed E-state index contributed by atoms with van der Waals surface area (Å²) in [5, 5.41) is 11.7. The summed E-state index contributed by atoms with van der Waals surface area (Å²) in [6.07, 6.45) is 2.31. The topological polar surface area (TPSA) is 79.3 Å². The molecule has 0 radical (unpaired) electrons. The standard InChI is InChI=1S/C13H14N2O3S2/c1-19-5-4-10(13(17)18)15-12(16)8-2-3-9-11(6-8)20-7-14-9/h2-3,6-7,10H,4-5H2,1H3,(H,15,16)(H,17,18)/t10-/m1/s1. The molecule has 0 saturated carbocycles. The minimum atomic E-state index is -1.01. The lowest BCUT2D eigenvalue weighted by molar-refractivity contribution is -0.139. The lowest BCUT2D eigenvalue weighted by Crippen LogP contribution is -2.41. The monoisotopic (exact) mass is 310 g/mol. The van der Waals surface area contributed by atoms with E-state index in [1.54, 1.807) is 35.5 Å². The van der Waals surface area contributed by atoms with E-state index in [1.807, 2.05) is 6.26 Å². The highest BCUT2D eigenvalue weighted by Crippen LogP contribution is 2.19. The van der Waals surface area contributed by atoms with Crippen molar-refractivity contribution >= 4 is 45.2 Å². The van der Waals surface area contributed by atoms with Crippen molar-refractivity contribution in [2.45, 2.75) is 12.5 Å². The van der Waals surface area contributed by atoms with Crippen molar-refractivity contribution in [3.05, 3.63) is 29.3 Å². The summed E-state index contributed by atoms with van der Waals surface area (Å²) in [5.74, 6) is -0.689. The molecule has 0 aliphatic rings. The Balaban J connectivity index is 2.10. The minimum absolute atomic E-state index is 0.367. The van der Waals surface area contributed by atoms with Gasteiger partial charge in [-0.25, -0.2) is 9.78 Å². The molecule has 1 amide bonds. The van der Waals surface area contributed by atoms with Gasteiger partial charge < -0.3 is 10.4 Å². The van der Waals surface area contributed by atoms with Crippen molar-refractivity contribution in [3.63, 3.8) is 0 Å². The van der Waals surface area contributed by atoms with Crippen molar-refractivity contribution < 1.29 is 14.7 Å². The van der Waals surface area contributed by atoms with Crippen LogP contribution in [0, 0.1) is 0 Å². The van der Waals surface area contributed by atoms with Gasteiger partial charge in [0.25, 0.3) is 5.91 Å². The third-order valence-electron chi connectivity index (χ3n) is 2.81. The number of thioether (sulfide) groups is 1. The molecular formula is C13H14N2O3S2. The SMILES string of the molecule is CSCC[C@@H](NC(=O)c1ccc2ncsc2c1)C(=O)O. The molecule has 0 bridgehead atoms. The van der Waals surface area contributed by atoms with E-state index >= 15 is 0 Å². The first kappa shape index (κ1) is 14.8. The van der Waals surface area contributed by atoms with E-state index in [1.165, 1.54) is 11.3 Å². The molecule has 1 heterocycles. The number of hydrogen-bond acceptors (Lipinski definition) is 5. The maximum Gasteiger partial charge on any atom is 0.326 e. The number of hydrogen-bond donors (Lipinski definition) is 2. The van der Waals surface area contributed by atoms with Crippen LogP contribution in [0.4, 0.5) is 0 Å². The van der Waals surface area contributed by atoms with Crippen LogP contribution in [0.2, 0.25) is 0 Å². The maximum absolute atomic E-state index is 12.1. The number of carboxylic acids is 1. The molecular weight excluding hydrogens is 296 g/mol. The van der Waals surface area contributed by atoms with Gasteiger partial charge >= 0.3 is 5.97 Å². The highest BCUT2D eigenvalue weighted by molar-refractivity contribution is 7.98. The van der Waals surface area contributed by atoms with Gasteiger partial charge in [0, 0.05) is 5.56 Å². The molecule has 20 heavy (non-hydrogen) atoms. The first-order valence-electron chi connectivity index (χ1n) is 5.97. The highest BCUT2D eigenvalue weighted by Gasteiger charge is 2.20. The second-order valence-corrected chi connectivity index (χ2v) is 6.05. The van der Waals surface area contributed by atoms with Gasteiger partial charge in [0.2, 0.25) is 0 Å². The molecule has 0 spiro atoms. The summed E-state index contributed by atoms with van der Waals surface area (Å²) in [6.45, 7) is 0. The van der Waals surface area contributed by atoms with Crippen LogP contribution < -0.4 is 5.32 Å². The maximum atomic E-state index is 12.1. The minimum Gasteiger partial charge on any atom is -0.480 e. The van der Waals surface area contributed by atoms with Gasteiger partial charge in [-0.2, -0.15) is 11.8 Å². The fourth-order valence-electron chi connectivity index (χ4n) is 1.73. The Hall–Kier alpha value is -1.60. The van der Waals surface area contributed by atoms with Gasteiger partial charge in [0.1, 0.15) is 6.04 Å². The zero-order chi connectivity index (χ0) is 14.5. The number of rotatable bonds is 6. The van der Waals surface area contributed by atoms with E-state index < -0.39 is 12.0 Å². The number of aliphatic carboxylic acids is 1. The number of fused-ring (bicyclic) bond motifs is 1. The third kappa shape index (κ3) is 3.49. The first-order chi connectivity index (χ1) is 9.61. The molecule has 5 nitrogen and oxygen atoms in total. The van der Waals surface area contributed by atoms with Crippen LogP contribution in [0.25, 0.3) is 10.2 Å². The number of nitrogens with zero attached hydrogens (tertiary/aromatic N) is 1. The summed E-state index contributed by atoms with van der Waals surface area (Å²) < 4.78 is 0.911. The molecule has 1 aromatic carbocycles. The molecule has 106 valence electrons. The Morgan fingerprint density at radius 2 is 2.30 bits per heavy atom. The predicted molar refractivity (Wildman–Crippen MR) is 81.5 cm³/mol. The number of benzene rings is 1. The van der Waals surface area contributed by atoms with Crippen LogP contribution in [0.3, 0.4) is 0 Å². The Kier molecular flexibility index (Phi) is 4.97. The second-order valence-electron chi connectivity index (χ2n) is 4.18. The van der Waals surface area contributed by atoms with E-state index in [4.69, 9.17) is 5.11 Å². The second kappa shape index (κ2) is 6.71. The van der Waals surface area contributed by atoms with Crippen LogP contribution in [0.5, 0.6) is 0 Å². The molecule has 1 atom stereocenters. The van der Waals surface area contributed by atoms with E-state index in [2.05, 4.69) is 10.3 Å². The van der Waals surface area contributed by atoms with Gasteiger partial charge in [-0.1, -0.05) is 0 Å². The fraction of sp³-hybridized carbons (Fsp3) is 0.308. The predicted octanol–water partition coefficient (Wildman–Crippen LogP) is 2.23. The molecule has 2 N–H and O–H groups in total. The zero-order valence-electron chi connectivity index (χ0n) is 10.8. The largest absolute Gasteiger partial charge is 0.480 e. The zero-order valence-corrected chi connectivity index (χ0v) is 12.5. The van der Waals surface area contributed by atoms with E-state index in [9.17, 15) is 9.59 Å². The van der Waals surface area contributed by atoms with Gasteiger partial charge in [-0.05, 0) is 36.6 Å². The molecule has 2 rings (SSSR count). The van der Waals surface area contributed by atoms with Crippen molar-refractivity contribution in [1.82, 2.24) is 10.3 Å². The van der Waals surface area contributed by atoms with Crippen molar-refractivity contribution in [2.75, 3.05) is 12.0 Å². The normalized spacial score (nSPS) is 12.2. The number of carboxylic acid groups (broad SMARTS) is 1. The highest BCUT2D eigenvalue weighted by atomic mass is 32.2. The quantitative estimate of drug-likeness (QED) is 0.855. The summed E-state index contributed by atoms with van der Waals surface area (Å²) in [5.41, 5.74) is 3.01. The smallest absolute Gasteiger partial charge is 0.326 e. The molecule has 0 aliphatic heterocycles. The Bertz CT molecular complexity index is 627. The van der Waals surface area contributed by atoms with Crippen LogP contribution in [-0.2, 0) is 4.79 Å². The number of thiazole rings is 1. The number of amides is 1. The molecule has 0 saturated heterocycles. The van der Waals surface area contributed by atoms with Crippen LogP contribution in [0.1, 0.15) is 16.8 Å². The molecule has 2 aromatic rings. The van der Waals surface area contributed by atoms with Crippen molar-refractivity contribution in [2.24, 2.45) is 0 Å². The Morgan fingerprint density at radius 3 is 3.00 bits per heavy atom. The number of carbonyl (C=O) groups is 2. The lowest BCUT2D eigenvalue weighted by Gasteiger charge is -2.13. The van der Waals surface area contributed by atoms with Gasteiger partial charge in [0.05, 0.1) is 15.7 Å². The fourth-order valence-corrected chi connectivity index (χ4v) is 2.92. The number of aromatic nitrogens is 1. The number of carbonyl (C=O) groups excluding carboxylic acids is 1. The summed E-state index contributed by atoms with van der Waals surface area (Å²) >= 11 is 3.00. The molecule has 0 fully saturated rings. The number of nitrogens with one attached hydrogen (secondary N) is 1. The average Bonchev–Trinajstić information content (AvgIpc) is 2.90. The van der Waals surface area contributed by atoms with Crippen LogP contribution in [-0.4, -0.2) is 40.0 Å². The molecule has 0 aliphatic carbocycles. The Labute approximate surface area is 124 Å². The summed E-state index contributed by atoms with van der Waals surface area (Å²) in [6, 6.07) is 4.30. The van der Waals surface area contributed by atoms with E-state index in [0.29, 0.717) is 17.7 Å².